The maximum atomic E-state index is 11.1. The van der Waals surface area contributed by atoms with E-state index in [0.717, 1.165) is 80.6 Å². The van der Waals surface area contributed by atoms with Crippen LogP contribution in [0.15, 0.2) is 226 Å². The number of nitrogens with zero attached hydrogens (tertiary/aromatic N) is 13. The zero-order valence-electron chi connectivity index (χ0n) is 51.2. The summed E-state index contributed by atoms with van der Waals surface area (Å²) < 4.78 is 9.97. The second kappa shape index (κ2) is 35.7. The monoisotopic (exact) mass is 1220 g/mol. The number of aromatic amines is 1. The number of aryl methyl sites for hydroxylation is 6. The van der Waals surface area contributed by atoms with Crippen molar-refractivity contribution in [1.29, 1.82) is 5.26 Å². The number of oxime groups is 1. The van der Waals surface area contributed by atoms with E-state index in [0.29, 0.717) is 24.5 Å². The van der Waals surface area contributed by atoms with Crippen LogP contribution in [0.5, 0.6) is 0 Å². The van der Waals surface area contributed by atoms with E-state index in [1.807, 2.05) is 169 Å². The first-order valence-electron chi connectivity index (χ1n) is 28.3. The lowest BCUT2D eigenvalue weighted by Gasteiger charge is -2.03. The van der Waals surface area contributed by atoms with Gasteiger partial charge in [-0.25, -0.2) is 10.1 Å². The topological polar surface area (TPSA) is 264 Å². The van der Waals surface area contributed by atoms with Gasteiger partial charge in [-0.05, 0) is 171 Å². The van der Waals surface area contributed by atoms with Gasteiger partial charge in [-0.1, -0.05) is 19.5 Å². The predicted molar refractivity (Wildman–Crippen MR) is 358 cm³/mol. The van der Waals surface area contributed by atoms with Crippen LogP contribution in [-0.2, 0) is 59.6 Å². The highest BCUT2D eigenvalue weighted by Gasteiger charge is 2.09. The van der Waals surface area contributed by atoms with Crippen LogP contribution in [0.4, 0.5) is 4.79 Å². The lowest BCUT2D eigenvalue weighted by molar-refractivity contribution is 0.111. The Morgan fingerprint density at radius 2 is 0.868 bits per heavy atom. The molecular formula is C70H75N17O4. The number of aldehydes is 2. The number of nitriles is 1. The summed E-state index contributed by atoms with van der Waals surface area (Å²) in [5.74, 6) is 0. The molecular weight excluding hydrogens is 1140 g/mol. The van der Waals surface area contributed by atoms with Gasteiger partial charge in [0.25, 0.3) is 0 Å². The molecule has 0 aromatic carbocycles. The van der Waals surface area contributed by atoms with Gasteiger partial charge in [0.05, 0.1) is 29.8 Å². The number of hydrogen-bond donors (Lipinski definition) is 4. The van der Waals surface area contributed by atoms with E-state index in [1.54, 1.807) is 80.6 Å². The lowest BCUT2D eigenvalue weighted by atomic mass is 10.1. The third-order valence-corrected chi connectivity index (χ3v) is 13.9. The summed E-state index contributed by atoms with van der Waals surface area (Å²) in [6, 6.07) is 35.1. The minimum atomic E-state index is -0.505. The van der Waals surface area contributed by atoms with E-state index >= 15 is 0 Å². The first-order chi connectivity index (χ1) is 43.8. The van der Waals surface area contributed by atoms with Gasteiger partial charge in [0.15, 0.2) is 18.8 Å². The Morgan fingerprint density at radius 1 is 0.516 bits per heavy atom. The summed E-state index contributed by atoms with van der Waals surface area (Å²) in [5, 5.41) is 16.7. The van der Waals surface area contributed by atoms with Gasteiger partial charge in [0, 0.05) is 182 Å². The second-order valence-electron chi connectivity index (χ2n) is 19.9. The number of hydrogen-bond acceptors (Lipinski definition) is 13. The molecule has 0 bridgehead atoms. The quantitative estimate of drug-likeness (QED) is 0.0260. The van der Waals surface area contributed by atoms with E-state index in [4.69, 9.17) is 11.0 Å². The van der Waals surface area contributed by atoms with Crippen molar-refractivity contribution < 1.29 is 19.2 Å². The molecule has 0 fully saturated rings. The van der Waals surface area contributed by atoms with Crippen molar-refractivity contribution in [2.45, 2.75) is 33.9 Å². The highest BCUT2D eigenvalue weighted by molar-refractivity contribution is 5.81. The number of nitrogens with two attached hydrogens (primary N) is 1. The van der Waals surface area contributed by atoms with Crippen molar-refractivity contribution >= 4 is 24.8 Å². The minimum Gasteiger partial charge on any atom is -0.399 e. The molecule has 0 unspecified atom stereocenters. The molecule has 12 heterocycles. The smallest absolute Gasteiger partial charge is 0.328 e. The lowest BCUT2D eigenvalue weighted by Crippen LogP contribution is -2.32. The summed E-state index contributed by atoms with van der Waals surface area (Å²) >= 11 is 0. The first kappa shape index (κ1) is 68.2. The van der Waals surface area contributed by atoms with Crippen LogP contribution in [0.25, 0.3) is 66.8 Å². The number of rotatable bonds is 14. The van der Waals surface area contributed by atoms with E-state index in [9.17, 15) is 14.4 Å². The zero-order valence-corrected chi connectivity index (χ0v) is 51.2. The van der Waals surface area contributed by atoms with E-state index in [-0.39, 0.29) is 7.43 Å². The van der Waals surface area contributed by atoms with E-state index < -0.39 is 6.03 Å². The second-order valence-corrected chi connectivity index (χ2v) is 19.9. The maximum Gasteiger partial charge on any atom is 0.328 e. The highest BCUT2D eigenvalue weighted by Crippen LogP contribution is 2.25. The summed E-state index contributed by atoms with van der Waals surface area (Å²) in [4.78, 5) is 63.6. The first-order valence-corrected chi connectivity index (χ1v) is 28.3. The Labute approximate surface area is 530 Å². The Kier molecular flexibility index (Phi) is 26.7. The molecule has 5 N–H and O–H groups in total. The van der Waals surface area contributed by atoms with E-state index in [1.165, 1.54) is 35.1 Å². The molecule has 0 atom stereocenters. The van der Waals surface area contributed by atoms with Gasteiger partial charge in [-0.15, -0.1) is 0 Å². The molecule has 0 aliphatic heterocycles. The number of carbonyl (C=O) groups excluding carboxylic acids is 3. The molecule has 0 aliphatic carbocycles. The van der Waals surface area contributed by atoms with Gasteiger partial charge in [-0.3, -0.25) is 39.5 Å². The van der Waals surface area contributed by atoms with Crippen molar-refractivity contribution in [2.24, 2.45) is 46.1 Å². The van der Waals surface area contributed by atoms with Crippen molar-refractivity contribution in [2.75, 3.05) is 7.11 Å². The van der Waals surface area contributed by atoms with Gasteiger partial charge in [0.1, 0.15) is 7.11 Å². The van der Waals surface area contributed by atoms with Crippen LogP contribution in [0.3, 0.4) is 0 Å². The molecule has 12 aromatic heterocycles. The standard InChI is InChI=1S/C13H13N5O.C12H13N3O.C12H14N2.C11H13N3.C11H10N2O.C10H8N2O.CH4/c1-18-8-11(10-2-4-15-5-3-10)6-12(18)7-16-13(19)17-9-14;1-15-9-11(7-12(15)8-14-16-2)10-3-5-13-6-4-10;1-3-12-8-11(9-14(12)2)10-4-6-13-7-5-10;1-14-8-10(6-11(14)7-12)9-2-4-13-5-3-9;1-13-7-10(6-11(13)8-14)9-2-4-12-5-3-9;13-7-10-5-9(6-12-10)8-1-3-11-4-2-8;/h2-6,8H,7H2,1H3,(H2,16,17,19);3-9H,1-2H3;4-9H,3H2,1-2H3;2-6,8H,7,12H2,1H3;2-8H,1H3;1-7,12H;1H4/b;14-8+;;;;;. The highest BCUT2D eigenvalue weighted by atomic mass is 16.6. The molecule has 12 rings (SSSR count). The van der Waals surface area contributed by atoms with Crippen LogP contribution in [0.1, 0.15) is 58.1 Å². The van der Waals surface area contributed by atoms with Crippen LogP contribution in [-0.4, -0.2) is 89.7 Å². The Balaban J connectivity index is 0.000000174. The molecule has 0 radical (unpaired) electrons. The Hall–Kier alpha value is -11.9. The summed E-state index contributed by atoms with van der Waals surface area (Å²) in [7, 11) is 11.4. The summed E-state index contributed by atoms with van der Waals surface area (Å²) in [6.07, 6.45) is 39.2. The van der Waals surface area contributed by atoms with Gasteiger partial charge < -0.3 is 43.7 Å². The van der Waals surface area contributed by atoms with Gasteiger partial charge in [-0.2, -0.15) is 5.26 Å². The van der Waals surface area contributed by atoms with Crippen molar-refractivity contribution in [3.63, 3.8) is 0 Å². The molecule has 0 aliphatic rings. The van der Waals surface area contributed by atoms with E-state index in [2.05, 4.69) is 104 Å². The Morgan fingerprint density at radius 3 is 1.21 bits per heavy atom. The van der Waals surface area contributed by atoms with Crippen molar-refractivity contribution in [3.8, 4) is 73.0 Å². The molecule has 91 heavy (non-hydrogen) atoms. The normalized spacial score (nSPS) is 10.1. The molecule has 464 valence electrons. The SMILES string of the molecule is C.CCc1cc(-c2ccncc2)cn1C.CO/N=C/c1cc(-c2ccncc2)cn1C.Cn1cc(-c2ccncc2)cc1C=O.Cn1cc(-c2ccncc2)cc1CN.Cn1cc(-c2ccncc2)cc1CNC(=O)NC#N.O=Cc1cc(-c2ccncc2)c[nH]1. The number of nitrogens with one attached hydrogen (secondary N) is 3. The van der Waals surface area contributed by atoms with Crippen LogP contribution < -0.4 is 16.4 Å². The average Bonchev–Trinajstić information content (AvgIpc) is 3.41. The third-order valence-electron chi connectivity index (χ3n) is 13.9. The fraction of sp³-hybridized carbons (Fsp3) is 0.157. The molecule has 12 aromatic rings. The largest absolute Gasteiger partial charge is 0.399 e. The predicted octanol–water partition coefficient (Wildman–Crippen LogP) is 12.1. The number of H-pyrrole nitrogens is 1. The average molecular weight is 1220 g/mol. The molecule has 0 saturated heterocycles. The van der Waals surface area contributed by atoms with Crippen LogP contribution in [0, 0.1) is 11.5 Å². The number of amides is 2. The summed E-state index contributed by atoms with van der Waals surface area (Å²) in [6.45, 7) is 3.10. The molecule has 21 heteroatoms. The van der Waals surface area contributed by atoms with Crippen molar-refractivity contribution in [1.82, 2.24) is 68.4 Å². The number of pyridine rings is 6. The molecule has 21 nitrogen and oxygen atoms in total. The molecule has 0 spiro atoms. The van der Waals surface area contributed by atoms with Gasteiger partial charge in [0.2, 0.25) is 0 Å². The fourth-order valence-electron chi connectivity index (χ4n) is 9.04. The number of aromatic nitrogens is 12. The zero-order chi connectivity index (χ0) is 64.0. The fourth-order valence-corrected chi connectivity index (χ4v) is 9.04. The van der Waals surface area contributed by atoms with Crippen LogP contribution in [0.2, 0.25) is 0 Å². The summed E-state index contributed by atoms with van der Waals surface area (Å²) in [5.41, 5.74) is 24.8. The van der Waals surface area contributed by atoms with Crippen LogP contribution >= 0.6 is 0 Å². The number of carbonyl (C=O) groups is 3. The molecule has 0 saturated carbocycles. The molecule has 2 amide bonds. The number of urea groups is 1. The maximum absolute atomic E-state index is 11.1. The van der Waals surface area contributed by atoms with Crippen molar-refractivity contribution in [3.05, 3.63) is 255 Å². The van der Waals surface area contributed by atoms with Gasteiger partial charge >= 0.3 is 6.03 Å². The minimum absolute atomic E-state index is 0. The Bertz CT molecular complexity index is 4100. The third kappa shape index (κ3) is 20.4.